The van der Waals surface area contributed by atoms with Crippen LogP contribution in [0.1, 0.15) is 0 Å². The first-order valence-corrected chi connectivity index (χ1v) is 19.2. The normalized spacial score (nSPS) is 11.9. The standard InChI is InChI=1S/C52H32N4O/c1-3-18-45-41(16-1)51-47(20-8-26-53-51)55(45)39-14-6-12-35(29-39)33-10-5-11-34(28-33)37-22-24-49-43(31-37)44-32-38(23-25-50(44)57-49)36-13-7-15-40(30-36)56-46-19-4-2-17-42(46)52-48(56)21-9-27-54-52/h1-32H. The minimum Gasteiger partial charge on any atom is -0.456 e. The molecule has 7 aromatic carbocycles. The minimum atomic E-state index is 0.876. The summed E-state index contributed by atoms with van der Waals surface area (Å²) in [6, 6.07) is 64.7. The summed E-state index contributed by atoms with van der Waals surface area (Å²) in [4.78, 5) is 9.48. The van der Waals surface area contributed by atoms with Gasteiger partial charge in [0.15, 0.2) is 0 Å². The van der Waals surface area contributed by atoms with Crippen molar-refractivity contribution in [1.82, 2.24) is 19.1 Å². The number of nitrogens with zero attached hydrogens (tertiary/aromatic N) is 4. The van der Waals surface area contributed by atoms with E-state index in [1.807, 2.05) is 24.5 Å². The third kappa shape index (κ3) is 4.96. The van der Waals surface area contributed by atoms with Crippen LogP contribution in [0.15, 0.2) is 199 Å². The molecule has 12 aromatic rings. The van der Waals surface area contributed by atoms with Crippen molar-refractivity contribution in [1.29, 1.82) is 0 Å². The first-order chi connectivity index (χ1) is 28.2. The summed E-state index contributed by atoms with van der Waals surface area (Å²) >= 11 is 0. The molecule has 0 spiro atoms. The number of aromatic nitrogens is 4. The molecule has 0 radical (unpaired) electrons. The van der Waals surface area contributed by atoms with E-state index in [-0.39, 0.29) is 0 Å². The Hall–Kier alpha value is -7.76. The van der Waals surface area contributed by atoms with Gasteiger partial charge in [-0.1, -0.05) is 91.0 Å². The van der Waals surface area contributed by atoms with Gasteiger partial charge in [-0.3, -0.25) is 9.97 Å². The Morgan fingerprint density at radius 1 is 0.316 bits per heavy atom. The van der Waals surface area contributed by atoms with E-state index in [4.69, 9.17) is 14.4 Å². The van der Waals surface area contributed by atoms with E-state index in [1.165, 1.54) is 0 Å². The van der Waals surface area contributed by atoms with Crippen LogP contribution in [0.4, 0.5) is 0 Å². The average Bonchev–Trinajstić information content (AvgIpc) is 3.94. The molecule has 0 fully saturated rings. The van der Waals surface area contributed by atoms with E-state index >= 15 is 0 Å². The molecule has 0 aliphatic rings. The second-order valence-electron chi connectivity index (χ2n) is 14.7. The van der Waals surface area contributed by atoms with Crippen molar-refractivity contribution < 1.29 is 4.42 Å². The summed E-state index contributed by atoms with van der Waals surface area (Å²) in [6.45, 7) is 0. The number of para-hydroxylation sites is 2. The monoisotopic (exact) mass is 728 g/mol. The zero-order chi connectivity index (χ0) is 37.5. The van der Waals surface area contributed by atoms with Gasteiger partial charge in [-0.25, -0.2) is 0 Å². The SMILES string of the molecule is c1cc(-c2cccc(-n3c4ccccc4c4ncccc43)c2)cc(-c2ccc3oc4ccc(-c5cccc(-n6c7ccccc7c7ncccc76)c5)cc4c3c2)c1. The Labute approximate surface area is 327 Å². The lowest BCUT2D eigenvalue weighted by Crippen LogP contribution is -1.94. The van der Waals surface area contributed by atoms with Gasteiger partial charge in [0.2, 0.25) is 0 Å². The molecule has 0 N–H and O–H groups in total. The molecule has 0 unspecified atom stereocenters. The molecule has 0 bridgehead atoms. The lowest BCUT2D eigenvalue weighted by molar-refractivity contribution is 0.669. The molecule has 5 heterocycles. The minimum absolute atomic E-state index is 0.876. The van der Waals surface area contributed by atoms with Gasteiger partial charge in [-0.05, 0) is 124 Å². The van der Waals surface area contributed by atoms with Crippen LogP contribution >= 0.6 is 0 Å². The molecule has 266 valence electrons. The molecule has 0 amide bonds. The fourth-order valence-electron chi connectivity index (χ4n) is 8.79. The van der Waals surface area contributed by atoms with Crippen LogP contribution in [0.2, 0.25) is 0 Å². The smallest absolute Gasteiger partial charge is 0.135 e. The predicted molar refractivity (Wildman–Crippen MR) is 234 cm³/mol. The number of hydrogen-bond donors (Lipinski definition) is 0. The summed E-state index contributed by atoms with van der Waals surface area (Å²) in [7, 11) is 0. The molecular formula is C52H32N4O. The van der Waals surface area contributed by atoms with Crippen molar-refractivity contribution in [2.45, 2.75) is 0 Å². The van der Waals surface area contributed by atoms with Crippen LogP contribution in [0.3, 0.4) is 0 Å². The van der Waals surface area contributed by atoms with Gasteiger partial charge < -0.3 is 13.6 Å². The summed E-state index contributed by atoms with van der Waals surface area (Å²) in [5.41, 5.74) is 17.4. The van der Waals surface area contributed by atoms with Crippen molar-refractivity contribution in [3.8, 4) is 44.8 Å². The van der Waals surface area contributed by atoms with Crippen molar-refractivity contribution >= 4 is 65.8 Å². The van der Waals surface area contributed by atoms with E-state index < -0.39 is 0 Å². The third-order valence-corrected chi connectivity index (χ3v) is 11.4. The average molecular weight is 729 g/mol. The van der Waals surface area contributed by atoms with Crippen LogP contribution in [0.5, 0.6) is 0 Å². The quantitative estimate of drug-likeness (QED) is 0.177. The van der Waals surface area contributed by atoms with Crippen LogP contribution in [0, 0.1) is 0 Å². The maximum atomic E-state index is 6.40. The van der Waals surface area contributed by atoms with Gasteiger partial charge >= 0.3 is 0 Å². The molecule has 5 aromatic heterocycles. The summed E-state index contributed by atoms with van der Waals surface area (Å²) in [6.07, 6.45) is 3.74. The number of furan rings is 1. The summed E-state index contributed by atoms with van der Waals surface area (Å²) < 4.78 is 11.0. The lowest BCUT2D eigenvalue weighted by Gasteiger charge is -2.11. The van der Waals surface area contributed by atoms with Gasteiger partial charge in [-0.2, -0.15) is 0 Å². The highest BCUT2D eigenvalue weighted by Gasteiger charge is 2.16. The molecule has 0 atom stereocenters. The lowest BCUT2D eigenvalue weighted by atomic mass is 9.97. The first kappa shape index (κ1) is 31.6. The highest BCUT2D eigenvalue weighted by molar-refractivity contribution is 6.09. The van der Waals surface area contributed by atoms with Crippen LogP contribution in [0.25, 0.3) is 111 Å². The molecule has 5 nitrogen and oxygen atoms in total. The Bertz CT molecular complexity index is 3440. The van der Waals surface area contributed by atoms with E-state index in [9.17, 15) is 0 Å². The highest BCUT2D eigenvalue weighted by atomic mass is 16.3. The second kappa shape index (κ2) is 12.4. The van der Waals surface area contributed by atoms with Crippen LogP contribution in [-0.2, 0) is 0 Å². The van der Waals surface area contributed by atoms with Gasteiger partial charge in [0, 0.05) is 45.3 Å². The predicted octanol–water partition coefficient (Wildman–Crippen LogP) is 13.6. The number of rotatable bonds is 5. The Kier molecular flexibility index (Phi) is 6.86. The Balaban J connectivity index is 0.924. The number of hydrogen-bond acceptors (Lipinski definition) is 3. The molecule has 0 aliphatic carbocycles. The number of benzene rings is 7. The summed E-state index contributed by atoms with van der Waals surface area (Å²) in [5.74, 6) is 0. The van der Waals surface area contributed by atoms with Crippen LogP contribution in [-0.4, -0.2) is 19.1 Å². The fraction of sp³-hybridized carbons (Fsp3) is 0. The van der Waals surface area contributed by atoms with Crippen molar-refractivity contribution in [3.05, 3.63) is 194 Å². The van der Waals surface area contributed by atoms with Gasteiger partial charge in [0.1, 0.15) is 11.2 Å². The van der Waals surface area contributed by atoms with Gasteiger partial charge in [-0.15, -0.1) is 0 Å². The largest absolute Gasteiger partial charge is 0.456 e. The van der Waals surface area contributed by atoms with Gasteiger partial charge in [0.25, 0.3) is 0 Å². The highest BCUT2D eigenvalue weighted by Crippen LogP contribution is 2.38. The number of pyridine rings is 2. The molecule has 57 heavy (non-hydrogen) atoms. The van der Waals surface area contributed by atoms with E-state index in [1.54, 1.807) is 0 Å². The second-order valence-corrected chi connectivity index (χ2v) is 14.7. The molecule has 0 saturated heterocycles. The van der Waals surface area contributed by atoms with Crippen LogP contribution < -0.4 is 0 Å². The maximum Gasteiger partial charge on any atom is 0.135 e. The Morgan fingerprint density at radius 3 is 1.25 bits per heavy atom. The maximum absolute atomic E-state index is 6.40. The zero-order valence-electron chi connectivity index (χ0n) is 30.7. The molecule has 0 saturated carbocycles. The van der Waals surface area contributed by atoms with E-state index in [0.717, 1.165) is 111 Å². The molecule has 5 heteroatoms. The van der Waals surface area contributed by atoms with Crippen molar-refractivity contribution in [2.75, 3.05) is 0 Å². The topological polar surface area (TPSA) is 48.8 Å². The molecular weight excluding hydrogens is 697 g/mol. The van der Waals surface area contributed by atoms with Gasteiger partial charge in [0.05, 0.1) is 33.1 Å². The zero-order valence-corrected chi connectivity index (χ0v) is 30.7. The Morgan fingerprint density at radius 2 is 0.737 bits per heavy atom. The first-order valence-electron chi connectivity index (χ1n) is 19.2. The van der Waals surface area contributed by atoms with E-state index in [2.05, 4.69) is 179 Å². The summed E-state index contributed by atoms with van der Waals surface area (Å²) in [5, 5.41) is 4.50. The molecule has 0 aliphatic heterocycles. The molecule has 12 rings (SSSR count). The fourth-order valence-corrected chi connectivity index (χ4v) is 8.79. The third-order valence-electron chi connectivity index (χ3n) is 11.4. The van der Waals surface area contributed by atoms with Crippen molar-refractivity contribution in [2.24, 2.45) is 0 Å². The van der Waals surface area contributed by atoms with E-state index in [0.29, 0.717) is 0 Å². The van der Waals surface area contributed by atoms with Crippen molar-refractivity contribution in [3.63, 3.8) is 0 Å². The number of fused-ring (bicyclic) bond motifs is 9.